The van der Waals surface area contributed by atoms with E-state index in [2.05, 4.69) is 31.3 Å². The second-order valence-corrected chi connectivity index (χ2v) is 18.1. The zero-order valence-corrected chi connectivity index (χ0v) is 38.5. The Labute approximate surface area is 353 Å². The van der Waals surface area contributed by atoms with Gasteiger partial charge in [-0.15, -0.1) is 0 Å². The van der Waals surface area contributed by atoms with E-state index < -0.39 is 20.0 Å². The minimum atomic E-state index is -4.34. The van der Waals surface area contributed by atoms with Gasteiger partial charge in [-0.05, 0) is 44.9 Å². The average molecular weight is 827 g/mol. The number of rotatable bonds is 46. The maximum atomic E-state index is 12.8. The quantitative estimate of drug-likeness (QED) is 0.0273. The van der Waals surface area contributed by atoms with Gasteiger partial charge in [-0.1, -0.05) is 218 Å². The molecule has 0 fully saturated rings. The van der Waals surface area contributed by atoms with Gasteiger partial charge in [0.25, 0.3) is 0 Å². The number of hydrogen-bond acceptors (Lipinski definition) is 6. The van der Waals surface area contributed by atoms with Crippen LogP contribution in [0.15, 0.2) is 24.3 Å². The molecule has 0 aliphatic rings. The summed E-state index contributed by atoms with van der Waals surface area (Å²) in [6, 6.07) is -0.861. The van der Waals surface area contributed by atoms with Gasteiger partial charge in [0.2, 0.25) is 5.91 Å². The summed E-state index contributed by atoms with van der Waals surface area (Å²) in [7, 11) is -4.34. The lowest BCUT2D eigenvalue weighted by Gasteiger charge is -2.23. The van der Waals surface area contributed by atoms with Crippen molar-refractivity contribution in [2.45, 2.75) is 257 Å². The Morgan fingerprint density at radius 2 is 0.912 bits per heavy atom. The van der Waals surface area contributed by atoms with E-state index in [1.165, 1.54) is 186 Å². The lowest BCUT2D eigenvalue weighted by molar-refractivity contribution is -0.123. The summed E-state index contributed by atoms with van der Waals surface area (Å²) in [5, 5.41) is 13.7. The highest BCUT2D eigenvalue weighted by atomic mass is 31.2. The van der Waals surface area contributed by atoms with Gasteiger partial charge in [0.05, 0.1) is 25.4 Å². The van der Waals surface area contributed by atoms with E-state index in [1.54, 1.807) is 6.08 Å². The molecule has 0 aromatic carbocycles. The number of unbranched alkanes of at least 4 members (excludes halogenated alkanes) is 32. The van der Waals surface area contributed by atoms with Gasteiger partial charge in [0, 0.05) is 13.0 Å². The van der Waals surface area contributed by atoms with E-state index in [0.29, 0.717) is 6.42 Å². The van der Waals surface area contributed by atoms with E-state index in [-0.39, 0.29) is 25.7 Å². The predicted octanol–water partition coefficient (Wildman–Crippen LogP) is 14.1. The maximum Gasteiger partial charge on any atom is 0.472 e. The van der Waals surface area contributed by atoms with Crippen LogP contribution in [0.5, 0.6) is 0 Å². The van der Waals surface area contributed by atoms with Crippen molar-refractivity contribution in [1.29, 1.82) is 0 Å². The van der Waals surface area contributed by atoms with Crippen LogP contribution in [0, 0.1) is 0 Å². The normalized spacial score (nSPS) is 14.1. The molecule has 0 aliphatic heterocycles. The Hall–Kier alpha value is -1.02. The van der Waals surface area contributed by atoms with E-state index in [9.17, 15) is 19.4 Å². The number of allylic oxidation sites excluding steroid dienone is 3. The number of nitrogens with two attached hydrogens (primary N) is 1. The second-order valence-electron chi connectivity index (χ2n) is 16.7. The van der Waals surface area contributed by atoms with Crippen molar-refractivity contribution >= 4 is 13.7 Å². The van der Waals surface area contributed by atoms with Crippen molar-refractivity contribution in [1.82, 2.24) is 5.32 Å². The average Bonchev–Trinajstić information content (AvgIpc) is 3.20. The van der Waals surface area contributed by atoms with Crippen molar-refractivity contribution in [3.63, 3.8) is 0 Å². The number of aliphatic hydroxyl groups excluding tert-OH is 1. The number of phosphoric acid groups is 1. The molecule has 8 nitrogen and oxygen atoms in total. The highest BCUT2D eigenvalue weighted by molar-refractivity contribution is 7.47. The summed E-state index contributed by atoms with van der Waals surface area (Å²) in [4.78, 5) is 22.8. The summed E-state index contributed by atoms with van der Waals surface area (Å²) in [5.41, 5.74) is 5.39. The van der Waals surface area contributed by atoms with Crippen LogP contribution < -0.4 is 11.1 Å². The molecular weight excluding hydrogens is 732 g/mol. The third-order valence-electron chi connectivity index (χ3n) is 11.0. The smallest absolute Gasteiger partial charge is 0.387 e. The number of hydrogen-bond donors (Lipinski definition) is 4. The van der Waals surface area contributed by atoms with Gasteiger partial charge in [-0.2, -0.15) is 0 Å². The third-order valence-corrected chi connectivity index (χ3v) is 12.0. The van der Waals surface area contributed by atoms with Crippen molar-refractivity contribution in [2.24, 2.45) is 5.73 Å². The van der Waals surface area contributed by atoms with Gasteiger partial charge in [-0.25, -0.2) is 4.57 Å². The Kier molecular flexibility index (Phi) is 43.7. The fourth-order valence-electron chi connectivity index (χ4n) is 7.30. The zero-order valence-electron chi connectivity index (χ0n) is 37.6. The van der Waals surface area contributed by atoms with Gasteiger partial charge in [0.1, 0.15) is 0 Å². The fourth-order valence-corrected chi connectivity index (χ4v) is 8.06. The Balaban J connectivity index is 4.13. The van der Waals surface area contributed by atoms with Crippen molar-refractivity contribution in [2.75, 3.05) is 19.8 Å². The summed E-state index contributed by atoms with van der Waals surface area (Å²) in [5.74, 6) is -0.196. The number of nitrogens with one attached hydrogen (secondary N) is 1. The Morgan fingerprint density at radius 3 is 1.30 bits per heavy atom. The molecule has 0 heterocycles. The maximum absolute atomic E-state index is 12.8. The first-order chi connectivity index (χ1) is 27.9. The summed E-state index contributed by atoms with van der Waals surface area (Å²) < 4.78 is 22.2. The number of aliphatic hydroxyl groups is 1. The first-order valence-electron chi connectivity index (χ1n) is 24.5. The highest BCUT2D eigenvalue weighted by Crippen LogP contribution is 2.43. The van der Waals surface area contributed by atoms with Crippen LogP contribution in [-0.2, 0) is 18.4 Å². The van der Waals surface area contributed by atoms with Crippen LogP contribution in [0.1, 0.15) is 245 Å². The number of carbonyl (C=O) groups is 1. The van der Waals surface area contributed by atoms with E-state index in [4.69, 9.17) is 14.8 Å². The van der Waals surface area contributed by atoms with Crippen molar-refractivity contribution < 1.29 is 28.4 Å². The van der Waals surface area contributed by atoms with Crippen LogP contribution in [0.3, 0.4) is 0 Å². The SMILES string of the molecule is CCCCCCCCC/C=C\CCCCCCCCCC(=O)NC(COP(=O)(O)OCCN)C(O)/C=C/CCCCCCCCCCCCCCCCCCCC. The van der Waals surface area contributed by atoms with Gasteiger partial charge >= 0.3 is 7.82 Å². The van der Waals surface area contributed by atoms with Crippen LogP contribution in [0.4, 0.5) is 0 Å². The number of carbonyl (C=O) groups excluding carboxylic acids is 1. The van der Waals surface area contributed by atoms with Gasteiger partial charge < -0.3 is 21.1 Å². The zero-order chi connectivity index (χ0) is 41.8. The third kappa shape index (κ3) is 42.9. The van der Waals surface area contributed by atoms with Crippen LogP contribution in [0.25, 0.3) is 0 Å². The molecule has 0 saturated heterocycles. The number of phosphoric ester groups is 1. The van der Waals surface area contributed by atoms with E-state index in [1.807, 2.05) is 6.08 Å². The molecule has 0 aromatic heterocycles. The molecule has 3 unspecified atom stereocenters. The second kappa shape index (κ2) is 44.5. The van der Waals surface area contributed by atoms with Crippen molar-refractivity contribution in [3.05, 3.63) is 24.3 Å². The van der Waals surface area contributed by atoms with Gasteiger partial charge in [0.15, 0.2) is 0 Å². The molecule has 5 N–H and O–H groups in total. The standard InChI is InChI=1S/C48H95N2O6P/c1-3-5-7-9-11-13-15-17-19-21-23-24-25-27-29-31-33-35-37-39-41-47(51)46(45-56-57(53,54)55-44-43-49)50-48(52)42-40-38-36-34-32-30-28-26-22-20-18-16-14-12-10-8-6-4-2/h20,22,39,41,46-47,51H,3-19,21,23-38,40,42-45,49H2,1-2H3,(H,50,52)(H,53,54)/b22-20-,41-39+. The predicted molar refractivity (Wildman–Crippen MR) is 245 cm³/mol. The lowest BCUT2D eigenvalue weighted by Crippen LogP contribution is -2.45. The van der Waals surface area contributed by atoms with E-state index >= 15 is 0 Å². The first-order valence-corrected chi connectivity index (χ1v) is 26.0. The monoisotopic (exact) mass is 827 g/mol. The topological polar surface area (TPSA) is 131 Å². The molecule has 0 radical (unpaired) electrons. The minimum absolute atomic E-state index is 0.0790. The summed E-state index contributed by atoms with van der Waals surface area (Å²) in [6.45, 7) is 4.16. The van der Waals surface area contributed by atoms with Crippen LogP contribution >= 0.6 is 7.82 Å². The van der Waals surface area contributed by atoms with E-state index in [0.717, 1.165) is 38.5 Å². The molecule has 0 aliphatic carbocycles. The minimum Gasteiger partial charge on any atom is -0.387 e. The Bertz CT molecular complexity index is 948. The van der Waals surface area contributed by atoms with Crippen LogP contribution in [-0.4, -0.2) is 47.8 Å². The Morgan fingerprint density at radius 1 is 0.561 bits per heavy atom. The molecule has 0 bridgehead atoms. The lowest BCUT2D eigenvalue weighted by atomic mass is 10.0. The molecule has 0 rings (SSSR count). The van der Waals surface area contributed by atoms with Gasteiger partial charge in [-0.3, -0.25) is 13.8 Å². The molecule has 57 heavy (non-hydrogen) atoms. The fraction of sp³-hybridized carbons (Fsp3) is 0.896. The summed E-state index contributed by atoms with van der Waals surface area (Å²) >= 11 is 0. The first kappa shape index (κ1) is 56.0. The molecule has 3 atom stereocenters. The summed E-state index contributed by atoms with van der Waals surface area (Å²) in [6.07, 6.45) is 52.3. The number of amides is 1. The molecule has 0 saturated carbocycles. The molecule has 1 amide bonds. The molecule has 9 heteroatoms. The highest BCUT2D eigenvalue weighted by Gasteiger charge is 2.26. The molecule has 0 aromatic rings. The van der Waals surface area contributed by atoms with Crippen molar-refractivity contribution in [3.8, 4) is 0 Å². The largest absolute Gasteiger partial charge is 0.472 e. The van der Waals surface area contributed by atoms with Crippen LogP contribution in [0.2, 0.25) is 0 Å². The molecule has 0 spiro atoms. The molecule has 338 valence electrons. The molecular formula is C48H95N2O6P.